The highest BCUT2D eigenvalue weighted by atomic mass is 31.2. The van der Waals surface area contributed by atoms with Crippen molar-refractivity contribution in [1.82, 2.24) is 0 Å². The molecule has 0 radical (unpaired) electrons. The molecule has 0 bridgehead atoms. The maximum atomic E-state index is 14.0. The van der Waals surface area contributed by atoms with Crippen molar-refractivity contribution in [1.29, 1.82) is 0 Å². The Morgan fingerprint density at radius 1 is 1.00 bits per heavy atom. The molecule has 0 amide bonds. The van der Waals surface area contributed by atoms with Gasteiger partial charge < -0.3 is 9.26 Å². The lowest BCUT2D eigenvalue weighted by atomic mass is 10.1. The Balaban J connectivity index is 2.23. The SMILES string of the molecule is CCOP(=O)(c1ccc(CCCCC(=O)OC)cc1)c1c(C)cc(C)cc1C. The first kappa shape index (κ1) is 22.4. The number of rotatable bonds is 9. The molecule has 0 spiro atoms. The average molecular weight is 402 g/mol. The van der Waals surface area contributed by atoms with Crippen molar-refractivity contribution < 1.29 is 18.6 Å². The zero-order valence-corrected chi connectivity index (χ0v) is 18.5. The number of aryl methyl sites for hydroxylation is 4. The van der Waals surface area contributed by atoms with E-state index in [4.69, 9.17) is 4.52 Å². The van der Waals surface area contributed by atoms with E-state index in [-0.39, 0.29) is 5.97 Å². The van der Waals surface area contributed by atoms with Gasteiger partial charge in [-0.15, -0.1) is 0 Å². The van der Waals surface area contributed by atoms with Crippen LogP contribution in [-0.4, -0.2) is 19.7 Å². The van der Waals surface area contributed by atoms with E-state index in [0.717, 1.165) is 52.1 Å². The Labute approximate surface area is 168 Å². The number of carbonyl (C=O) groups excluding carboxylic acids is 1. The summed E-state index contributed by atoms with van der Waals surface area (Å²) in [7, 11) is -1.74. The quantitative estimate of drug-likeness (QED) is 0.345. The standard InChI is InChI=1S/C23H31O4P/c1-6-27-28(25,23-18(3)15-17(2)16-19(23)4)21-13-11-20(12-14-21)9-7-8-10-22(24)26-5/h11-16H,6-10H2,1-5H3. The number of ether oxygens (including phenoxy) is 1. The Bertz CT molecular complexity index is 832. The Hall–Kier alpha value is -1.90. The van der Waals surface area contributed by atoms with Crippen molar-refractivity contribution in [2.45, 2.75) is 53.4 Å². The Morgan fingerprint density at radius 2 is 1.61 bits per heavy atom. The molecule has 2 aromatic rings. The van der Waals surface area contributed by atoms with Crippen LogP contribution in [0.5, 0.6) is 0 Å². The molecule has 152 valence electrons. The first-order valence-electron chi connectivity index (χ1n) is 9.81. The third kappa shape index (κ3) is 5.33. The van der Waals surface area contributed by atoms with Gasteiger partial charge in [0.1, 0.15) is 0 Å². The van der Waals surface area contributed by atoms with Crippen LogP contribution in [-0.2, 0) is 25.0 Å². The van der Waals surface area contributed by atoms with Crippen molar-refractivity contribution in [2.24, 2.45) is 0 Å². The molecule has 0 aliphatic carbocycles. The fourth-order valence-corrected chi connectivity index (χ4v) is 6.15. The summed E-state index contributed by atoms with van der Waals surface area (Å²) in [5, 5.41) is 1.54. The van der Waals surface area contributed by atoms with Crippen molar-refractivity contribution in [3.63, 3.8) is 0 Å². The van der Waals surface area contributed by atoms with Gasteiger partial charge in [0.05, 0.1) is 13.7 Å². The average Bonchev–Trinajstić information content (AvgIpc) is 2.64. The summed E-state index contributed by atoms with van der Waals surface area (Å²) in [4.78, 5) is 11.2. The topological polar surface area (TPSA) is 52.6 Å². The molecule has 0 heterocycles. The molecule has 28 heavy (non-hydrogen) atoms. The smallest absolute Gasteiger partial charge is 0.305 e. The van der Waals surface area contributed by atoms with Gasteiger partial charge in [0, 0.05) is 17.0 Å². The largest absolute Gasteiger partial charge is 0.469 e. The summed E-state index contributed by atoms with van der Waals surface area (Å²) >= 11 is 0. The van der Waals surface area contributed by atoms with Gasteiger partial charge in [-0.25, -0.2) is 0 Å². The monoisotopic (exact) mass is 402 g/mol. The second kappa shape index (κ2) is 10.0. The van der Waals surface area contributed by atoms with Gasteiger partial charge in [-0.2, -0.15) is 0 Å². The summed E-state index contributed by atoms with van der Waals surface area (Å²) < 4.78 is 24.5. The minimum atomic E-state index is -3.15. The molecule has 2 rings (SSSR count). The molecule has 1 atom stereocenters. The summed E-state index contributed by atoms with van der Waals surface area (Å²) in [6, 6.07) is 12.0. The molecule has 5 heteroatoms. The first-order valence-corrected chi connectivity index (χ1v) is 11.4. The molecule has 0 aliphatic heterocycles. The van der Waals surface area contributed by atoms with Crippen LogP contribution in [0.2, 0.25) is 0 Å². The number of unbranched alkanes of at least 4 members (excludes halogenated alkanes) is 1. The second-order valence-corrected chi connectivity index (χ2v) is 9.49. The van der Waals surface area contributed by atoms with Gasteiger partial charge in [-0.3, -0.25) is 9.36 Å². The summed E-state index contributed by atoms with van der Waals surface area (Å²) in [5.41, 5.74) is 4.32. The molecule has 4 nitrogen and oxygen atoms in total. The number of hydrogen-bond acceptors (Lipinski definition) is 4. The van der Waals surface area contributed by atoms with Crippen LogP contribution in [0.1, 0.15) is 48.4 Å². The van der Waals surface area contributed by atoms with Crippen LogP contribution in [0.25, 0.3) is 0 Å². The predicted molar refractivity (Wildman–Crippen MR) is 115 cm³/mol. The normalized spacial score (nSPS) is 13.2. The number of esters is 1. The van der Waals surface area contributed by atoms with E-state index in [2.05, 4.69) is 16.9 Å². The number of carbonyl (C=O) groups is 1. The molecular weight excluding hydrogens is 371 g/mol. The molecule has 1 unspecified atom stereocenters. The van der Waals surface area contributed by atoms with Crippen LogP contribution in [0.3, 0.4) is 0 Å². The van der Waals surface area contributed by atoms with Crippen LogP contribution in [0.15, 0.2) is 36.4 Å². The molecule has 0 fully saturated rings. The van der Waals surface area contributed by atoms with Crippen molar-refractivity contribution in [2.75, 3.05) is 13.7 Å². The highest BCUT2D eigenvalue weighted by Gasteiger charge is 2.31. The van der Waals surface area contributed by atoms with E-state index in [1.807, 2.05) is 52.0 Å². The fourth-order valence-electron chi connectivity index (χ4n) is 3.65. The maximum Gasteiger partial charge on any atom is 0.305 e. The second-order valence-electron chi connectivity index (χ2n) is 7.17. The third-order valence-corrected chi connectivity index (χ3v) is 7.73. The van der Waals surface area contributed by atoms with Gasteiger partial charge in [0.2, 0.25) is 0 Å². The maximum absolute atomic E-state index is 14.0. The summed E-state index contributed by atoms with van der Waals surface area (Å²) in [6.45, 7) is 8.30. The lowest BCUT2D eigenvalue weighted by Gasteiger charge is -2.23. The van der Waals surface area contributed by atoms with Crippen LogP contribution >= 0.6 is 7.37 Å². The Kier molecular flexibility index (Phi) is 8.03. The lowest BCUT2D eigenvalue weighted by molar-refractivity contribution is -0.140. The van der Waals surface area contributed by atoms with E-state index < -0.39 is 7.37 Å². The highest BCUT2D eigenvalue weighted by molar-refractivity contribution is 7.74. The zero-order chi connectivity index (χ0) is 20.7. The Morgan fingerprint density at radius 3 is 2.14 bits per heavy atom. The predicted octanol–water partition coefficient (Wildman–Crippen LogP) is 4.76. The number of hydrogen-bond donors (Lipinski definition) is 0. The minimum absolute atomic E-state index is 0.170. The minimum Gasteiger partial charge on any atom is -0.469 e. The van der Waals surface area contributed by atoms with E-state index >= 15 is 0 Å². The molecule has 2 aromatic carbocycles. The van der Waals surface area contributed by atoms with E-state index in [0.29, 0.717) is 13.0 Å². The van der Waals surface area contributed by atoms with E-state index in [9.17, 15) is 9.36 Å². The van der Waals surface area contributed by atoms with Crippen LogP contribution < -0.4 is 10.6 Å². The lowest BCUT2D eigenvalue weighted by Crippen LogP contribution is -2.23. The number of methoxy groups -OCH3 is 1. The van der Waals surface area contributed by atoms with Crippen LogP contribution in [0, 0.1) is 20.8 Å². The summed E-state index contributed by atoms with van der Waals surface area (Å²) in [5.74, 6) is -0.170. The van der Waals surface area contributed by atoms with E-state index in [1.165, 1.54) is 7.11 Å². The molecule has 0 aromatic heterocycles. The van der Waals surface area contributed by atoms with Crippen LogP contribution in [0.4, 0.5) is 0 Å². The molecule has 0 aliphatic rings. The van der Waals surface area contributed by atoms with Gasteiger partial charge in [0.25, 0.3) is 7.37 Å². The molecule has 0 saturated heterocycles. The first-order chi connectivity index (χ1) is 13.3. The van der Waals surface area contributed by atoms with Gasteiger partial charge >= 0.3 is 5.97 Å². The fraction of sp³-hybridized carbons (Fsp3) is 0.435. The van der Waals surface area contributed by atoms with E-state index in [1.54, 1.807) is 0 Å². The highest BCUT2D eigenvalue weighted by Crippen LogP contribution is 2.46. The third-order valence-electron chi connectivity index (χ3n) is 4.84. The zero-order valence-electron chi connectivity index (χ0n) is 17.6. The number of benzene rings is 2. The van der Waals surface area contributed by atoms with Crippen molar-refractivity contribution >= 4 is 23.9 Å². The van der Waals surface area contributed by atoms with Gasteiger partial charge in [-0.05, 0) is 75.8 Å². The molecular formula is C23H31O4P. The molecule has 0 N–H and O–H groups in total. The molecule has 0 saturated carbocycles. The van der Waals surface area contributed by atoms with Gasteiger partial charge in [-0.1, -0.05) is 29.8 Å². The van der Waals surface area contributed by atoms with Crippen molar-refractivity contribution in [3.8, 4) is 0 Å². The van der Waals surface area contributed by atoms with Crippen molar-refractivity contribution in [3.05, 3.63) is 58.7 Å². The van der Waals surface area contributed by atoms with Gasteiger partial charge in [0.15, 0.2) is 0 Å². The summed E-state index contributed by atoms with van der Waals surface area (Å²) in [6.07, 6.45) is 3.03.